The van der Waals surface area contributed by atoms with Crippen LogP contribution in [0.3, 0.4) is 0 Å². The largest absolute Gasteiger partial charge is 0.371 e. The van der Waals surface area contributed by atoms with Crippen LogP contribution in [0.2, 0.25) is 5.02 Å². The quantitative estimate of drug-likeness (QED) is 0.667. The Hall–Kier alpha value is -2.25. The number of amides is 1. The molecule has 2 atom stereocenters. The van der Waals surface area contributed by atoms with Crippen LogP contribution in [-0.2, 0) is 14.8 Å². The molecule has 0 spiro atoms. The van der Waals surface area contributed by atoms with E-state index in [2.05, 4.69) is 29.3 Å². The van der Waals surface area contributed by atoms with Crippen molar-refractivity contribution < 1.29 is 13.2 Å². The van der Waals surface area contributed by atoms with Crippen LogP contribution in [0, 0.1) is 5.92 Å². The number of sulfonamides is 1. The molecule has 1 heterocycles. The first-order chi connectivity index (χ1) is 14.6. The molecular weight excluding hydrogens is 434 g/mol. The van der Waals surface area contributed by atoms with E-state index in [4.69, 9.17) is 11.6 Å². The number of anilines is 2. The Morgan fingerprint density at radius 1 is 1.23 bits per heavy atom. The Morgan fingerprint density at radius 2 is 1.90 bits per heavy atom. The average molecular weight is 464 g/mol. The summed E-state index contributed by atoms with van der Waals surface area (Å²) in [5.41, 5.74) is 2.44. The van der Waals surface area contributed by atoms with E-state index in [9.17, 15) is 13.2 Å². The van der Waals surface area contributed by atoms with E-state index in [-0.39, 0.29) is 23.3 Å². The third kappa shape index (κ3) is 6.14. The van der Waals surface area contributed by atoms with Gasteiger partial charge in [0.2, 0.25) is 15.9 Å². The number of carbonyl (C=O) groups is 1. The molecule has 1 amide bonds. The van der Waals surface area contributed by atoms with E-state index >= 15 is 0 Å². The summed E-state index contributed by atoms with van der Waals surface area (Å²) in [5, 5.41) is 3.17. The van der Waals surface area contributed by atoms with Gasteiger partial charge in [-0.3, -0.25) is 9.10 Å². The lowest BCUT2D eigenvalue weighted by molar-refractivity contribution is -0.120. The first-order valence-corrected chi connectivity index (χ1v) is 12.7. The molecule has 0 bridgehead atoms. The van der Waals surface area contributed by atoms with Crippen molar-refractivity contribution in [3.63, 3.8) is 0 Å². The molecule has 3 rings (SSSR count). The van der Waals surface area contributed by atoms with Gasteiger partial charge >= 0.3 is 0 Å². The summed E-state index contributed by atoms with van der Waals surface area (Å²) in [7, 11) is -3.68. The molecule has 1 N–H and O–H groups in total. The number of benzene rings is 2. The van der Waals surface area contributed by atoms with Gasteiger partial charge in [-0.25, -0.2) is 8.42 Å². The van der Waals surface area contributed by atoms with E-state index in [0.29, 0.717) is 5.92 Å². The Bertz CT molecular complexity index is 1010. The third-order valence-electron chi connectivity index (χ3n) is 5.60. The minimum atomic E-state index is -3.68. The van der Waals surface area contributed by atoms with Crippen molar-refractivity contribution in [3.05, 3.63) is 59.1 Å². The van der Waals surface area contributed by atoms with E-state index in [1.54, 1.807) is 24.3 Å². The van der Waals surface area contributed by atoms with Crippen LogP contribution in [0.4, 0.5) is 11.4 Å². The Kier molecular flexibility index (Phi) is 7.49. The van der Waals surface area contributed by atoms with Crippen LogP contribution < -0.4 is 14.5 Å². The van der Waals surface area contributed by atoms with Gasteiger partial charge in [-0.05, 0) is 55.5 Å². The molecular formula is C23H30ClN3O3S. The van der Waals surface area contributed by atoms with E-state index < -0.39 is 15.9 Å². The highest BCUT2D eigenvalue weighted by atomic mass is 35.5. The Labute approximate surface area is 190 Å². The van der Waals surface area contributed by atoms with Gasteiger partial charge in [-0.2, -0.15) is 0 Å². The summed E-state index contributed by atoms with van der Waals surface area (Å²) in [6.45, 7) is 5.96. The zero-order valence-electron chi connectivity index (χ0n) is 18.2. The second-order valence-corrected chi connectivity index (χ2v) is 10.6. The molecule has 168 valence electrons. The van der Waals surface area contributed by atoms with Crippen LogP contribution >= 0.6 is 11.6 Å². The Morgan fingerprint density at radius 3 is 2.52 bits per heavy atom. The highest BCUT2D eigenvalue weighted by molar-refractivity contribution is 7.92. The number of rotatable bonds is 7. The topological polar surface area (TPSA) is 69.7 Å². The highest BCUT2D eigenvalue weighted by Gasteiger charge is 2.24. The number of halogens is 1. The number of piperidine rings is 1. The number of nitrogens with zero attached hydrogens (tertiary/aromatic N) is 2. The van der Waals surface area contributed by atoms with Crippen LogP contribution in [0.15, 0.2) is 48.5 Å². The number of hydrogen-bond donors (Lipinski definition) is 1. The molecule has 0 aromatic heterocycles. The lowest BCUT2D eigenvalue weighted by Crippen LogP contribution is -2.41. The lowest BCUT2D eigenvalue weighted by atomic mass is 9.99. The molecule has 0 radical (unpaired) electrons. The van der Waals surface area contributed by atoms with Gasteiger partial charge in [0, 0.05) is 18.8 Å². The van der Waals surface area contributed by atoms with Crippen molar-refractivity contribution >= 4 is 38.9 Å². The van der Waals surface area contributed by atoms with E-state index in [1.807, 2.05) is 19.1 Å². The molecule has 8 heteroatoms. The first-order valence-electron chi connectivity index (χ1n) is 10.5. The highest BCUT2D eigenvalue weighted by Crippen LogP contribution is 2.27. The van der Waals surface area contributed by atoms with Gasteiger partial charge < -0.3 is 10.2 Å². The normalized spacial score (nSPS) is 17.8. The fourth-order valence-electron chi connectivity index (χ4n) is 3.93. The summed E-state index contributed by atoms with van der Waals surface area (Å²) in [6.07, 6.45) is 3.54. The standard InChI is InChI=1S/C23H30ClN3O3S/c1-17-7-6-14-26(15-17)20-12-10-19(11-13-20)18(2)25-23(28)16-27(31(3,29)30)22-9-5-4-8-21(22)24/h4-5,8-13,17-18H,6-7,14-16H2,1-3H3,(H,25,28). The SMILES string of the molecule is CC1CCCN(c2ccc(C(C)NC(=O)CN(c3ccccc3Cl)S(C)(=O)=O)cc2)C1. The molecule has 2 unspecified atom stereocenters. The zero-order chi connectivity index (χ0) is 22.6. The van der Waals surface area contributed by atoms with E-state index in [0.717, 1.165) is 29.2 Å². The summed E-state index contributed by atoms with van der Waals surface area (Å²) < 4.78 is 25.6. The van der Waals surface area contributed by atoms with Crippen LogP contribution in [0.1, 0.15) is 38.3 Å². The van der Waals surface area contributed by atoms with Crippen molar-refractivity contribution in [2.24, 2.45) is 5.92 Å². The number of carbonyl (C=O) groups excluding carboxylic acids is 1. The summed E-state index contributed by atoms with van der Waals surface area (Å²) in [5.74, 6) is 0.300. The van der Waals surface area contributed by atoms with Gasteiger partial charge in [0.05, 0.1) is 23.0 Å². The van der Waals surface area contributed by atoms with Crippen LogP contribution in [-0.4, -0.2) is 40.2 Å². The lowest BCUT2D eigenvalue weighted by Gasteiger charge is -2.33. The van der Waals surface area contributed by atoms with Gasteiger partial charge in [0.1, 0.15) is 6.54 Å². The minimum Gasteiger partial charge on any atom is -0.371 e. The summed E-state index contributed by atoms with van der Waals surface area (Å²) >= 11 is 6.16. The summed E-state index contributed by atoms with van der Waals surface area (Å²) in [4.78, 5) is 15.0. The third-order valence-corrected chi connectivity index (χ3v) is 7.05. The van der Waals surface area contributed by atoms with Crippen molar-refractivity contribution in [2.75, 3.05) is 35.1 Å². The molecule has 1 aliphatic heterocycles. The first kappa shape index (κ1) is 23.4. The maximum Gasteiger partial charge on any atom is 0.241 e. The van der Waals surface area contributed by atoms with Gasteiger partial charge in [-0.1, -0.05) is 42.8 Å². The smallest absolute Gasteiger partial charge is 0.241 e. The average Bonchev–Trinajstić information content (AvgIpc) is 2.72. The van der Waals surface area contributed by atoms with Crippen LogP contribution in [0.5, 0.6) is 0 Å². The van der Waals surface area contributed by atoms with Crippen molar-refractivity contribution in [3.8, 4) is 0 Å². The molecule has 1 saturated heterocycles. The zero-order valence-corrected chi connectivity index (χ0v) is 19.8. The minimum absolute atomic E-state index is 0.255. The second kappa shape index (κ2) is 9.92. The molecule has 2 aromatic rings. The summed E-state index contributed by atoms with van der Waals surface area (Å²) in [6, 6.07) is 14.5. The number of nitrogens with one attached hydrogen (secondary N) is 1. The van der Waals surface area contributed by atoms with E-state index in [1.165, 1.54) is 18.5 Å². The molecule has 31 heavy (non-hydrogen) atoms. The van der Waals surface area contributed by atoms with Crippen LogP contribution in [0.25, 0.3) is 0 Å². The second-order valence-electron chi connectivity index (χ2n) is 8.30. The monoisotopic (exact) mass is 463 g/mol. The van der Waals surface area contributed by atoms with Crippen molar-refractivity contribution in [1.29, 1.82) is 0 Å². The van der Waals surface area contributed by atoms with Gasteiger partial charge in [0.25, 0.3) is 0 Å². The fourth-order valence-corrected chi connectivity index (χ4v) is 5.09. The molecule has 1 aliphatic rings. The van der Waals surface area contributed by atoms with Crippen molar-refractivity contribution in [2.45, 2.75) is 32.7 Å². The van der Waals surface area contributed by atoms with Gasteiger partial charge in [-0.15, -0.1) is 0 Å². The molecule has 1 fully saturated rings. The maximum absolute atomic E-state index is 12.7. The number of hydrogen-bond acceptors (Lipinski definition) is 4. The fraction of sp³-hybridized carbons (Fsp3) is 0.435. The number of para-hydroxylation sites is 1. The Balaban J connectivity index is 1.66. The molecule has 0 saturated carbocycles. The molecule has 0 aliphatic carbocycles. The van der Waals surface area contributed by atoms with Crippen molar-refractivity contribution in [1.82, 2.24) is 5.32 Å². The molecule has 6 nitrogen and oxygen atoms in total. The predicted octanol–water partition coefficient (Wildman–Crippen LogP) is 4.22. The van der Waals surface area contributed by atoms with Gasteiger partial charge in [0.15, 0.2) is 0 Å². The maximum atomic E-state index is 12.7. The predicted molar refractivity (Wildman–Crippen MR) is 127 cm³/mol. The molecule has 2 aromatic carbocycles.